The van der Waals surface area contributed by atoms with Crippen molar-refractivity contribution >= 4 is 17.3 Å². The van der Waals surface area contributed by atoms with E-state index in [1.165, 1.54) is 0 Å². The number of benzene rings is 1. The minimum atomic E-state index is -0.528. The maximum atomic E-state index is 11.4. The van der Waals surface area contributed by atoms with Crippen LogP contribution in [0.3, 0.4) is 0 Å². The fraction of sp³-hybridized carbons (Fsp3) is 0.250. The van der Waals surface area contributed by atoms with Crippen LogP contribution in [-0.4, -0.2) is 20.7 Å². The average molecular weight is 260 g/mol. The van der Waals surface area contributed by atoms with Crippen molar-refractivity contribution < 1.29 is 4.79 Å². The molecule has 1 heterocycles. The molecule has 0 spiro atoms. The van der Waals surface area contributed by atoms with Gasteiger partial charge in [0.25, 0.3) is 5.91 Å². The summed E-state index contributed by atoms with van der Waals surface area (Å²) < 4.78 is 1.79. The number of amides is 1. The van der Waals surface area contributed by atoms with Gasteiger partial charge in [0.2, 0.25) is 0 Å². The lowest BCUT2D eigenvalue weighted by Gasteiger charge is -2.18. The van der Waals surface area contributed by atoms with Crippen LogP contribution in [0.2, 0.25) is 0 Å². The molecule has 0 radical (unpaired) electrons. The van der Waals surface area contributed by atoms with Crippen LogP contribution in [0.25, 0.3) is 0 Å². The van der Waals surface area contributed by atoms with Gasteiger partial charge in [-0.15, -0.1) is 10.2 Å². The number of carbonyl (C=O) groups is 1. The highest BCUT2D eigenvalue weighted by atomic mass is 16.1. The quantitative estimate of drug-likeness (QED) is 0.699. The summed E-state index contributed by atoms with van der Waals surface area (Å²) in [6.07, 6.45) is 1.61. The van der Waals surface area contributed by atoms with Crippen LogP contribution < -0.4 is 16.8 Å². The smallest absolute Gasteiger partial charge is 0.250 e. The summed E-state index contributed by atoms with van der Waals surface area (Å²) >= 11 is 0. The molecule has 7 nitrogen and oxygen atoms in total. The Morgan fingerprint density at radius 2 is 2.21 bits per heavy atom. The van der Waals surface area contributed by atoms with E-state index in [-0.39, 0.29) is 6.04 Å². The summed E-state index contributed by atoms with van der Waals surface area (Å²) in [6, 6.07) is 4.87. The SMILES string of the molecule is CC(Nc1c(N)cccc1C(N)=O)c1nncn1C. The number of nitrogens with two attached hydrogens (primary N) is 2. The van der Waals surface area contributed by atoms with Crippen LogP contribution in [0, 0.1) is 0 Å². The highest BCUT2D eigenvalue weighted by molar-refractivity contribution is 6.01. The van der Waals surface area contributed by atoms with Crippen molar-refractivity contribution in [3.05, 3.63) is 35.9 Å². The summed E-state index contributed by atoms with van der Waals surface area (Å²) in [5.74, 6) is 0.207. The van der Waals surface area contributed by atoms with Crippen LogP contribution >= 0.6 is 0 Å². The predicted molar refractivity (Wildman–Crippen MR) is 72.4 cm³/mol. The third-order valence-corrected chi connectivity index (χ3v) is 2.86. The zero-order valence-corrected chi connectivity index (χ0v) is 10.8. The first-order valence-corrected chi connectivity index (χ1v) is 5.79. The standard InChI is InChI=1S/C12H16N6O/c1-7(12-17-15-6-18(12)2)16-10-8(11(14)19)4-3-5-9(10)13/h3-7,16H,13H2,1-2H3,(H2,14,19). The van der Waals surface area contributed by atoms with Gasteiger partial charge in [0, 0.05) is 7.05 Å². The largest absolute Gasteiger partial charge is 0.397 e. The van der Waals surface area contributed by atoms with Gasteiger partial charge < -0.3 is 21.4 Å². The fourth-order valence-corrected chi connectivity index (χ4v) is 1.90. The molecule has 0 bridgehead atoms. The molecular weight excluding hydrogens is 244 g/mol. The normalized spacial score (nSPS) is 12.1. The van der Waals surface area contributed by atoms with Gasteiger partial charge in [-0.2, -0.15) is 0 Å². The Hall–Kier alpha value is -2.57. The van der Waals surface area contributed by atoms with E-state index in [9.17, 15) is 4.79 Å². The highest BCUT2D eigenvalue weighted by Gasteiger charge is 2.16. The zero-order valence-electron chi connectivity index (χ0n) is 10.8. The molecule has 1 aromatic heterocycles. The Balaban J connectivity index is 2.33. The average Bonchev–Trinajstić information content (AvgIpc) is 2.77. The molecule has 2 rings (SSSR count). The van der Waals surface area contributed by atoms with Gasteiger partial charge in [-0.1, -0.05) is 6.07 Å². The summed E-state index contributed by atoms with van der Waals surface area (Å²) in [5.41, 5.74) is 12.6. The molecule has 0 saturated heterocycles. The Morgan fingerprint density at radius 1 is 1.47 bits per heavy atom. The minimum absolute atomic E-state index is 0.157. The van der Waals surface area contributed by atoms with Gasteiger partial charge in [0.05, 0.1) is 23.0 Å². The van der Waals surface area contributed by atoms with Gasteiger partial charge in [0.15, 0.2) is 5.82 Å². The van der Waals surface area contributed by atoms with Crippen molar-refractivity contribution in [2.45, 2.75) is 13.0 Å². The van der Waals surface area contributed by atoms with E-state index in [4.69, 9.17) is 11.5 Å². The summed E-state index contributed by atoms with van der Waals surface area (Å²) in [4.78, 5) is 11.4. The highest BCUT2D eigenvalue weighted by Crippen LogP contribution is 2.27. The Labute approximate surface area is 110 Å². The van der Waals surface area contributed by atoms with Gasteiger partial charge in [-0.25, -0.2) is 0 Å². The zero-order chi connectivity index (χ0) is 14.0. The maximum absolute atomic E-state index is 11.4. The molecule has 7 heteroatoms. The molecule has 0 aliphatic heterocycles. The molecule has 0 fully saturated rings. The van der Waals surface area contributed by atoms with Crippen molar-refractivity contribution in [1.82, 2.24) is 14.8 Å². The lowest BCUT2D eigenvalue weighted by Crippen LogP contribution is -2.18. The minimum Gasteiger partial charge on any atom is -0.397 e. The molecule has 100 valence electrons. The van der Waals surface area contributed by atoms with Crippen LogP contribution in [0.4, 0.5) is 11.4 Å². The van der Waals surface area contributed by atoms with Crippen molar-refractivity contribution in [3.63, 3.8) is 0 Å². The number of nitrogens with one attached hydrogen (secondary N) is 1. The lowest BCUT2D eigenvalue weighted by molar-refractivity contribution is 0.100. The van der Waals surface area contributed by atoms with Crippen LogP contribution in [0.5, 0.6) is 0 Å². The maximum Gasteiger partial charge on any atom is 0.250 e. The second kappa shape index (κ2) is 4.97. The molecule has 1 aromatic carbocycles. The number of aromatic nitrogens is 3. The lowest BCUT2D eigenvalue weighted by atomic mass is 10.1. The first-order chi connectivity index (χ1) is 9.00. The summed E-state index contributed by atoms with van der Waals surface area (Å²) in [5, 5.41) is 11.0. The van der Waals surface area contributed by atoms with E-state index in [2.05, 4.69) is 15.5 Å². The van der Waals surface area contributed by atoms with Gasteiger partial charge >= 0.3 is 0 Å². The number of nitrogens with zero attached hydrogens (tertiary/aromatic N) is 3. The number of carbonyl (C=O) groups excluding carboxylic acids is 1. The summed E-state index contributed by atoms with van der Waals surface area (Å²) in [7, 11) is 1.84. The summed E-state index contributed by atoms with van der Waals surface area (Å²) in [6.45, 7) is 1.90. The van der Waals surface area contributed by atoms with E-state index < -0.39 is 5.91 Å². The topological polar surface area (TPSA) is 112 Å². The predicted octanol–water partition coefficient (Wildman–Crippen LogP) is 0.669. The molecule has 1 amide bonds. The van der Waals surface area contributed by atoms with E-state index in [0.29, 0.717) is 16.9 Å². The fourth-order valence-electron chi connectivity index (χ4n) is 1.90. The third-order valence-electron chi connectivity index (χ3n) is 2.86. The van der Waals surface area contributed by atoms with Gasteiger partial charge in [0.1, 0.15) is 6.33 Å². The molecule has 2 aromatic rings. The molecular formula is C12H16N6O. The molecule has 5 N–H and O–H groups in total. The van der Waals surface area contributed by atoms with Crippen molar-refractivity contribution in [2.24, 2.45) is 12.8 Å². The number of para-hydroxylation sites is 1. The number of hydrogen-bond acceptors (Lipinski definition) is 5. The Kier molecular flexibility index (Phi) is 3.37. The van der Waals surface area contributed by atoms with Crippen LogP contribution in [0.15, 0.2) is 24.5 Å². The van der Waals surface area contributed by atoms with Crippen LogP contribution in [0.1, 0.15) is 29.1 Å². The number of anilines is 2. The van der Waals surface area contributed by atoms with Gasteiger partial charge in [-0.3, -0.25) is 4.79 Å². The first-order valence-electron chi connectivity index (χ1n) is 5.79. The molecule has 0 aliphatic carbocycles. The van der Waals surface area contributed by atoms with E-state index in [1.54, 1.807) is 29.1 Å². The second-order valence-electron chi connectivity index (χ2n) is 4.30. The molecule has 0 saturated carbocycles. The van der Waals surface area contributed by atoms with Crippen LogP contribution in [-0.2, 0) is 7.05 Å². The number of nitrogen functional groups attached to an aromatic ring is 1. The first kappa shape index (κ1) is 12.9. The molecule has 0 aliphatic rings. The second-order valence-corrected chi connectivity index (χ2v) is 4.30. The monoisotopic (exact) mass is 260 g/mol. The number of hydrogen-bond donors (Lipinski definition) is 3. The third kappa shape index (κ3) is 2.49. The Bertz CT molecular complexity index is 606. The van der Waals surface area contributed by atoms with Crippen molar-refractivity contribution in [1.29, 1.82) is 0 Å². The van der Waals surface area contributed by atoms with Crippen molar-refractivity contribution in [3.8, 4) is 0 Å². The number of aryl methyl sites for hydroxylation is 1. The molecule has 19 heavy (non-hydrogen) atoms. The Morgan fingerprint density at radius 3 is 2.79 bits per heavy atom. The van der Waals surface area contributed by atoms with Crippen molar-refractivity contribution in [2.75, 3.05) is 11.1 Å². The molecule has 1 atom stereocenters. The number of rotatable bonds is 4. The number of primary amides is 1. The van der Waals surface area contributed by atoms with E-state index in [0.717, 1.165) is 5.82 Å². The van der Waals surface area contributed by atoms with E-state index in [1.807, 2.05) is 14.0 Å². The van der Waals surface area contributed by atoms with Gasteiger partial charge in [-0.05, 0) is 19.1 Å². The molecule has 1 unspecified atom stereocenters. The van der Waals surface area contributed by atoms with E-state index >= 15 is 0 Å².